The summed E-state index contributed by atoms with van der Waals surface area (Å²) < 4.78 is 17.0. The highest BCUT2D eigenvalue weighted by atomic mass is 35.5. The van der Waals surface area contributed by atoms with Gasteiger partial charge in [0.15, 0.2) is 6.61 Å². The van der Waals surface area contributed by atoms with E-state index in [0.717, 1.165) is 73.9 Å². The van der Waals surface area contributed by atoms with Gasteiger partial charge < -0.3 is 29.0 Å². The molecule has 1 saturated heterocycles. The number of hydrogen-bond acceptors (Lipinski definition) is 7. The lowest BCUT2D eigenvalue weighted by atomic mass is 9.92. The maximum atomic E-state index is 13.7. The number of H-pyrrole nitrogens is 1. The van der Waals surface area contributed by atoms with E-state index in [2.05, 4.69) is 41.0 Å². The molecule has 6 rings (SSSR count). The molecule has 1 aliphatic carbocycles. The molecule has 2 amide bonds. The molecule has 3 heterocycles. The molecule has 2 aromatic carbocycles. The summed E-state index contributed by atoms with van der Waals surface area (Å²) in [6, 6.07) is 14.2. The molecule has 0 radical (unpaired) electrons. The molecule has 2 atom stereocenters. The minimum Gasteiger partial charge on any atom is -0.497 e. The van der Waals surface area contributed by atoms with E-state index in [-0.39, 0.29) is 17.9 Å². The Labute approximate surface area is 281 Å². The van der Waals surface area contributed by atoms with Gasteiger partial charge in [-0.3, -0.25) is 14.6 Å². The van der Waals surface area contributed by atoms with Gasteiger partial charge in [-0.15, -0.1) is 11.6 Å². The van der Waals surface area contributed by atoms with Gasteiger partial charge in [0.1, 0.15) is 23.3 Å². The Morgan fingerprint density at radius 2 is 1.66 bits per heavy atom. The maximum Gasteiger partial charge on any atom is 0.416 e. The zero-order chi connectivity index (χ0) is 32.9. The molecule has 0 spiro atoms. The first-order valence-electron chi connectivity index (χ1n) is 16.4. The monoisotopic (exact) mass is 661 g/mol. The van der Waals surface area contributed by atoms with Crippen LogP contribution in [-0.2, 0) is 11.2 Å². The Bertz CT molecular complexity index is 1670. The van der Waals surface area contributed by atoms with Crippen molar-refractivity contribution in [2.45, 2.75) is 30.7 Å². The number of aromatic amines is 1. The number of aromatic nitrogens is 1. The Kier molecular flexibility index (Phi) is 10.4. The molecule has 1 aromatic heterocycles. The normalized spacial score (nSPS) is 19.3. The number of hydrogen-bond donors (Lipinski definition) is 1. The van der Waals surface area contributed by atoms with Gasteiger partial charge in [0.05, 0.1) is 12.5 Å². The van der Waals surface area contributed by atoms with Crippen LogP contribution in [0.3, 0.4) is 0 Å². The van der Waals surface area contributed by atoms with Crippen LogP contribution in [0.2, 0.25) is 0 Å². The van der Waals surface area contributed by atoms with Crippen LogP contribution in [0.5, 0.6) is 17.2 Å². The van der Waals surface area contributed by atoms with Crippen molar-refractivity contribution in [2.24, 2.45) is 0 Å². The molecule has 1 N–H and O–H groups in total. The number of carbonyl (C=O) groups is 2. The van der Waals surface area contributed by atoms with Gasteiger partial charge in [0.25, 0.3) is 5.91 Å². The topological polar surface area (TPSA) is 90.6 Å². The SMILES string of the molecule is COc1ccc(OC(=O)N2CCc3c([nH]c4c3=CC(Cl)CC=4)C2c2ccc(OCC(=O)N3CCN(CCCN(C)C)CC3)cc2)cc1. The lowest BCUT2D eigenvalue weighted by molar-refractivity contribution is -0.135. The minimum absolute atomic E-state index is 0.00606. The van der Waals surface area contributed by atoms with Crippen LogP contribution >= 0.6 is 11.6 Å². The molecule has 3 aromatic rings. The smallest absolute Gasteiger partial charge is 0.416 e. The van der Waals surface area contributed by atoms with E-state index in [0.29, 0.717) is 30.2 Å². The van der Waals surface area contributed by atoms with Gasteiger partial charge in [0.2, 0.25) is 0 Å². The fourth-order valence-electron chi connectivity index (χ4n) is 6.61. The molecular weight excluding hydrogens is 618 g/mol. The van der Waals surface area contributed by atoms with Gasteiger partial charge in [-0.05, 0) is 94.0 Å². The average Bonchev–Trinajstić information content (AvgIpc) is 3.45. The zero-order valence-corrected chi connectivity index (χ0v) is 28.2. The van der Waals surface area contributed by atoms with E-state index in [1.54, 1.807) is 36.3 Å². The van der Waals surface area contributed by atoms with Gasteiger partial charge in [-0.2, -0.15) is 0 Å². The van der Waals surface area contributed by atoms with Crippen LogP contribution in [0.1, 0.15) is 35.7 Å². The Morgan fingerprint density at radius 1 is 0.957 bits per heavy atom. The summed E-state index contributed by atoms with van der Waals surface area (Å²) in [4.78, 5) is 38.5. The number of nitrogens with one attached hydrogen (secondary N) is 1. The molecule has 0 bridgehead atoms. The fraction of sp³-hybridized carbons (Fsp3) is 0.444. The maximum absolute atomic E-state index is 13.7. The van der Waals surface area contributed by atoms with Crippen molar-refractivity contribution in [1.82, 2.24) is 24.6 Å². The van der Waals surface area contributed by atoms with Crippen LogP contribution in [0.25, 0.3) is 12.2 Å². The van der Waals surface area contributed by atoms with Crippen molar-refractivity contribution in [3.8, 4) is 17.2 Å². The molecule has 47 heavy (non-hydrogen) atoms. The number of alkyl halides is 1. The lowest BCUT2D eigenvalue weighted by Crippen LogP contribution is -2.50. The van der Waals surface area contributed by atoms with Crippen molar-refractivity contribution in [1.29, 1.82) is 0 Å². The third-order valence-corrected chi connectivity index (χ3v) is 9.46. The van der Waals surface area contributed by atoms with Crippen LogP contribution in [0, 0.1) is 0 Å². The first-order valence-corrected chi connectivity index (χ1v) is 16.8. The highest BCUT2D eigenvalue weighted by Crippen LogP contribution is 2.34. The molecule has 2 aliphatic heterocycles. The van der Waals surface area contributed by atoms with E-state index in [9.17, 15) is 9.59 Å². The van der Waals surface area contributed by atoms with Crippen molar-refractivity contribution in [3.63, 3.8) is 0 Å². The number of nitrogens with zero attached hydrogens (tertiary/aromatic N) is 4. The molecule has 2 unspecified atom stereocenters. The van der Waals surface area contributed by atoms with Gasteiger partial charge in [-0.25, -0.2) is 4.79 Å². The summed E-state index contributed by atoms with van der Waals surface area (Å²) in [5.41, 5.74) is 3.03. The van der Waals surface area contributed by atoms with E-state index >= 15 is 0 Å². The van der Waals surface area contributed by atoms with Crippen molar-refractivity contribution >= 4 is 35.8 Å². The third kappa shape index (κ3) is 7.77. The number of benzene rings is 2. The highest BCUT2D eigenvalue weighted by Gasteiger charge is 2.36. The molecule has 1 fully saturated rings. The number of halogens is 1. The van der Waals surface area contributed by atoms with Crippen LogP contribution in [0.15, 0.2) is 48.5 Å². The predicted molar refractivity (Wildman–Crippen MR) is 183 cm³/mol. The summed E-state index contributed by atoms with van der Waals surface area (Å²) >= 11 is 6.50. The number of ether oxygens (including phenoxy) is 3. The third-order valence-electron chi connectivity index (χ3n) is 9.15. The van der Waals surface area contributed by atoms with E-state index in [1.165, 1.54) is 5.56 Å². The van der Waals surface area contributed by atoms with Gasteiger partial charge in [-0.1, -0.05) is 24.3 Å². The second-order valence-corrected chi connectivity index (χ2v) is 13.2. The standard InChI is InChI=1S/C36H44ClN5O5/c1-39(2)16-4-17-40-19-21-41(22-20-40)33(43)24-46-28-8-5-25(6-9-28)35-34-30(31-23-26(37)7-14-32(31)38-34)15-18-42(35)36(44)47-29-12-10-27(45-3)11-13-29/h5-6,8-14,23,26,35,38H,4,7,15-22,24H2,1-3H3. The van der Waals surface area contributed by atoms with E-state index < -0.39 is 12.1 Å². The summed E-state index contributed by atoms with van der Waals surface area (Å²) in [5.74, 6) is 1.72. The summed E-state index contributed by atoms with van der Waals surface area (Å²) in [5, 5.41) is 2.09. The largest absolute Gasteiger partial charge is 0.497 e. The van der Waals surface area contributed by atoms with Gasteiger partial charge >= 0.3 is 6.09 Å². The summed E-state index contributed by atoms with van der Waals surface area (Å²) in [6.45, 7) is 5.80. The number of fused-ring (bicyclic) bond motifs is 3. The highest BCUT2D eigenvalue weighted by molar-refractivity contribution is 6.24. The predicted octanol–water partition coefficient (Wildman–Crippen LogP) is 3.22. The van der Waals surface area contributed by atoms with Crippen molar-refractivity contribution < 1.29 is 23.8 Å². The molecule has 0 saturated carbocycles. The van der Waals surface area contributed by atoms with Gasteiger partial charge in [0, 0.05) is 49.0 Å². The summed E-state index contributed by atoms with van der Waals surface area (Å²) in [6.07, 6.45) is 6.34. The van der Waals surface area contributed by atoms with Crippen LogP contribution in [0.4, 0.5) is 4.79 Å². The molecular formula is C36H44ClN5O5. The second-order valence-electron chi connectivity index (χ2n) is 12.6. The molecule has 11 heteroatoms. The number of methoxy groups -OCH3 is 1. The Morgan fingerprint density at radius 3 is 2.36 bits per heavy atom. The number of carbonyl (C=O) groups excluding carboxylic acids is 2. The average molecular weight is 662 g/mol. The number of amides is 2. The van der Waals surface area contributed by atoms with Crippen LogP contribution in [-0.4, -0.2) is 116 Å². The van der Waals surface area contributed by atoms with E-state index in [1.807, 2.05) is 29.2 Å². The number of piperazine rings is 1. The lowest BCUT2D eigenvalue weighted by Gasteiger charge is -2.35. The van der Waals surface area contributed by atoms with Crippen molar-refractivity contribution in [3.05, 3.63) is 75.9 Å². The first-order chi connectivity index (χ1) is 22.8. The number of rotatable bonds is 10. The fourth-order valence-corrected chi connectivity index (χ4v) is 6.82. The quantitative estimate of drug-likeness (QED) is 0.334. The van der Waals surface area contributed by atoms with Crippen LogP contribution < -0.4 is 24.8 Å². The first kappa shape index (κ1) is 32.9. The summed E-state index contributed by atoms with van der Waals surface area (Å²) in [7, 11) is 5.78. The Balaban J connectivity index is 1.14. The Hall–Kier alpha value is -3.99. The van der Waals surface area contributed by atoms with Crippen molar-refractivity contribution in [2.75, 3.05) is 73.6 Å². The molecule has 3 aliphatic rings. The zero-order valence-electron chi connectivity index (χ0n) is 27.4. The molecule has 10 nitrogen and oxygen atoms in total. The molecule has 250 valence electrons. The minimum atomic E-state index is -0.440. The second kappa shape index (κ2) is 14.8. The van der Waals surface area contributed by atoms with E-state index in [4.69, 9.17) is 25.8 Å².